The van der Waals surface area contributed by atoms with E-state index in [0.29, 0.717) is 4.88 Å². The molecule has 0 spiro atoms. The number of carboxylic acids is 1. The van der Waals surface area contributed by atoms with Gasteiger partial charge >= 0.3 is 5.97 Å². The molecule has 1 amide bonds. The zero-order valence-corrected chi connectivity index (χ0v) is 13.0. The maximum Gasteiger partial charge on any atom is 0.305 e. The molecule has 2 N–H and O–H groups in total. The highest BCUT2D eigenvalue weighted by molar-refractivity contribution is 7.10. The van der Waals surface area contributed by atoms with Gasteiger partial charge in [0.25, 0.3) is 11.6 Å². The molecule has 1 aromatic carbocycles. The molecular weight excluding hydrogens is 320 g/mol. The average Bonchev–Trinajstić information content (AvgIpc) is 3.00. The molecule has 7 nitrogen and oxygen atoms in total. The minimum atomic E-state index is -1.04. The van der Waals surface area contributed by atoms with Crippen LogP contribution in [0, 0.1) is 17.0 Å². The van der Waals surface area contributed by atoms with Crippen LogP contribution in [0.2, 0.25) is 0 Å². The van der Waals surface area contributed by atoms with Crippen molar-refractivity contribution in [2.45, 2.75) is 19.4 Å². The van der Waals surface area contributed by atoms with E-state index < -0.39 is 22.8 Å². The van der Waals surface area contributed by atoms with Crippen molar-refractivity contribution in [2.24, 2.45) is 0 Å². The van der Waals surface area contributed by atoms with Crippen molar-refractivity contribution in [2.75, 3.05) is 0 Å². The molecule has 8 heteroatoms. The molecular formula is C15H14N2O5S. The zero-order chi connectivity index (χ0) is 17.0. The van der Waals surface area contributed by atoms with Gasteiger partial charge in [-0.1, -0.05) is 12.1 Å². The summed E-state index contributed by atoms with van der Waals surface area (Å²) in [5.74, 6) is -1.58. The highest BCUT2D eigenvalue weighted by Crippen LogP contribution is 2.25. The lowest BCUT2D eigenvalue weighted by Gasteiger charge is -2.16. The fourth-order valence-corrected chi connectivity index (χ4v) is 2.97. The largest absolute Gasteiger partial charge is 0.481 e. The second-order valence-corrected chi connectivity index (χ2v) is 5.83. The highest BCUT2D eigenvalue weighted by atomic mass is 32.1. The summed E-state index contributed by atoms with van der Waals surface area (Å²) in [7, 11) is 0. The molecule has 1 aromatic heterocycles. The van der Waals surface area contributed by atoms with Crippen molar-refractivity contribution in [3.63, 3.8) is 0 Å². The maximum absolute atomic E-state index is 12.4. The Balaban J connectivity index is 2.27. The first-order valence-electron chi connectivity index (χ1n) is 6.70. The third-order valence-corrected chi connectivity index (χ3v) is 4.30. The molecule has 0 aliphatic rings. The average molecular weight is 334 g/mol. The molecule has 0 saturated carbocycles. The van der Waals surface area contributed by atoms with Crippen LogP contribution < -0.4 is 5.32 Å². The Morgan fingerprint density at radius 2 is 2.09 bits per heavy atom. The molecule has 1 heterocycles. The number of rotatable bonds is 6. The summed E-state index contributed by atoms with van der Waals surface area (Å²) in [5.41, 5.74) is 0.255. The minimum Gasteiger partial charge on any atom is -0.481 e. The van der Waals surface area contributed by atoms with E-state index >= 15 is 0 Å². The smallest absolute Gasteiger partial charge is 0.305 e. The molecule has 2 aromatic rings. The van der Waals surface area contributed by atoms with E-state index in [4.69, 9.17) is 5.11 Å². The van der Waals surface area contributed by atoms with E-state index in [1.54, 1.807) is 17.5 Å². The van der Waals surface area contributed by atoms with Crippen molar-refractivity contribution in [1.82, 2.24) is 5.32 Å². The number of amides is 1. The van der Waals surface area contributed by atoms with Gasteiger partial charge in [-0.15, -0.1) is 11.3 Å². The van der Waals surface area contributed by atoms with Gasteiger partial charge < -0.3 is 10.4 Å². The number of carboxylic acid groups (broad SMARTS) is 1. The topological polar surface area (TPSA) is 110 Å². The van der Waals surface area contributed by atoms with Crippen LogP contribution in [0.1, 0.15) is 33.3 Å². The quantitative estimate of drug-likeness (QED) is 0.623. The van der Waals surface area contributed by atoms with Gasteiger partial charge in [0.2, 0.25) is 0 Å². The lowest BCUT2D eigenvalue weighted by atomic mass is 10.0. The van der Waals surface area contributed by atoms with Gasteiger partial charge in [-0.25, -0.2) is 0 Å². The fourth-order valence-electron chi connectivity index (χ4n) is 2.19. The number of carbonyl (C=O) groups is 2. The van der Waals surface area contributed by atoms with Gasteiger partial charge in [0.05, 0.1) is 17.4 Å². The summed E-state index contributed by atoms with van der Waals surface area (Å²) >= 11 is 1.34. The number of nitrogens with one attached hydrogen (secondary N) is 1. The second-order valence-electron chi connectivity index (χ2n) is 4.85. The number of nitrogens with zero attached hydrogens (tertiary/aromatic N) is 1. The third-order valence-electron chi connectivity index (χ3n) is 3.32. The molecule has 0 aliphatic heterocycles. The molecule has 2 rings (SSSR count). The van der Waals surface area contributed by atoms with E-state index in [1.165, 1.54) is 36.5 Å². The number of hydrogen-bond acceptors (Lipinski definition) is 5. The number of aliphatic carboxylic acids is 1. The van der Waals surface area contributed by atoms with Crippen molar-refractivity contribution < 1.29 is 19.6 Å². The van der Waals surface area contributed by atoms with Crippen LogP contribution in [0.15, 0.2) is 35.7 Å². The maximum atomic E-state index is 12.4. The number of hydrogen-bond donors (Lipinski definition) is 2. The van der Waals surface area contributed by atoms with Crippen molar-refractivity contribution in [3.8, 4) is 0 Å². The fraction of sp³-hybridized carbons (Fsp3) is 0.200. The van der Waals surface area contributed by atoms with Gasteiger partial charge in [0.1, 0.15) is 0 Å². The Hall–Kier alpha value is -2.74. The highest BCUT2D eigenvalue weighted by Gasteiger charge is 2.23. The number of benzene rings is 1. The van der Waals surface area contributed by atoms with Gasteiger partial charge in [-0.2, -0.15) is 0 Å². The van der Waals surface area contributed by atoms with Crippen LogP contribution in [-0.4, -0.2) is 21.9 Å². The van der Waals surface area contributed by atoms with E-state index in [9.17, 15) is 19.7 Å². The lowest BCUT2D eigenvalue weighted by Crippen LogP contribution is -2.30. The monoisotopic (exact) mass is 334 g/mol. The van der Waals surface area contributed by atoms with Crippen LogP contribution in [0.25, 0.3) is 0 Å². The Bertz CT molecular complexity index is 742. The van der Waals surface area contributed by atoms with Gasteiger partial charge in [-0.3, -0.25) is 19.7 Å². The van der Waals surface area contributed by atoms with Crippen molar-refractivity contribution in [3.05, 3.63) is 61.8 Å². The summed E-state index contributed by atoms with van der Waals surface area (Å²) in [6.45, 7) is 1.49. The van der Waals surface area contributed by atoms with Crippen LogP contribution in [0.5, 0.6) is 0 Å². The molecule has 1 atom stereocenters. The second kappa shape index (κ2) is 7.01. The van der Waals surface area contributed by atoms with Crippen LogP contribution in [0.3, 0.4) is 0 Å². The Morgan fingerprint density at radius 1 is 1.35 bits per heavy atom. The zero-order valence-electron chi connectivity index (χ0n) is 12.2. The first kappa shape index (κ1) is 16.6. The molecule has 0 unspecified atom stereocenters. The van der Waals surface area contributed by atoms with E-state index in [2.05, 4.69) is 5.32 Å². The number of nitro benzene ring substituents is 1. The summed E-state index contributed by atoms with van der Waals surface area (Å²) in [5, 5.41) is 24.4. The van der Waals surface area contributed by atoms with E-state index in [1.807, 2.05) is 0 Å². The van der Waals surface area contributed by atoms with Crippen LogP contribution >= 0.6 is 11.3 Å². The summed E-state index contributed by atoms with van der Waals surface area (Å²) in [4.78, 5) is 34.5. The predicted octanol–water partition coefficient (Wildman–Crippen LogP) is 2.91. The molecule has 0 saturated heterocycles. The SMILES string of the molecule is Cc1c(C(=O)N[C@@H](CC(=O)O)c2cccs2)cccc1[N+](=O)[O-]. The van der Waals surface area contributed by atoms with Gasteiger partial charge in [0.15, 0.2) is 0 Å². The lowest BCUT2D eigenvalue weighted by molar-refractivity contribution is -0.385. The van der Waals surface area contributed by atoms with Crippen LogP contribution in [-0.2, 0) is 4.79 Å². The first-order chi connectivity index (χ1) is 10.9. The Kier molecular flexibility index (Phi) is 5.07. The number of thiophene rings is 1. The number of carbonyl (C=O) groups excluding carboxylic acids is 1. The number of nitro groups is 1. The molecule has 0 bridgehead atoms. The molecule has 23 heavy (non-hydrogen) atoms. The first-order valence-corrected chi connectivity index (χ1v) is 7.58. The van der Waals surface area contributed by atoms with E-state index in [0.717, 1.165) is 0 Å². The Labute approximate surface area is 135 Å². The summed E-state index contributed by atoms with van der Waals surface area (Å²) in [6, 6.07) is 7.04. The molecule has 0 aliphatic carbocycles. The van der Waals surface area contributed by atoms with E-state index in [-0.39, 0.29) is 23.2 Å². The van der Waals surface area contributed by atoms with Gasteiger partial charge in [-0.05, 0) is 24.4 Å². The summed E-state index contributed by atoms with van der Waals surface area (Å²) < 4.78 is 0. The normalized spacial score (nSPS) is 11.7. The minimum absolute atomic E-state index is 0.149. The molecule has 0 fully saturated rings. The standard InChI is InChI=1S/C15H14N2O5S/c1-9-10(4-2-5-12(9)17(21)22)15(20)16-11(8-14(18)19)13-6-3-7-23-13/h2-7,11H,8H2,1H3,(H,16,20)(H,18,19)/t11-/m0/s1. The van der Waals surface area contributed by atoms with Crippen molar-refractivity contribution >= 4 is 28.9 Å². The Morgan fingerprint density at radius 3 is 2.65 bits per heavy atom. The summed E-state index contributed by atoms with van der Waals surface area (Å²) in [6.07, 6.45) is -0.264. The predicted molar refractivity (Wildman–Crippen MR) is 84.6 cm³/mol. The molecule has 0 radical (unpaired) electrons. The van der Waals surface area contributed by atoms with Crippen LogP contribution in [0.4, 0.5) is 5.69 Å². The third kappa shape index (κ3) is 3.92. The van der Waals surface area contributed by atoms with Gasteiger partial charge in [0, 0.05) is 22.1 Å². The van der Waals surface area contributed by atoms with Crippen molar-refractivity contribution in [1.29, 1.82) is 0 Å². The molecule has 120 valence electrons.